The SMILES string of the molecule is COC(=O)[C@H]1[C@@H]2CCN(C)[C@@H](C2)c2cc3ccccc3n21. The van der Waals surface area contributed by atoms with Crippen molar-refractivity contribution in [1.82, 2.24) is 9.47 Å². The predicted octanol–water partition coefficient (Wildman–Crippen LogP) is 2.75. The molecule has 2 aliphatic rings. The monoisotopic (exact) mass is 284 g/mol. The van der Waals surface area contributed by atoms with Gasteiger partial charge in [0.2, 0.25) is 0 Å². The van der Waals surface area contributed by atoms with E-state index in [0.29, 0.717) is 12.0 Å². The normalized spacial score (nSPS) is 28.4. The lowest BCUT2D eigenvalue weighted by Crippen LogP contribution is -2.45. The number of rotatable bonds is 1. The van der Waals surface area contributed by atoms with E-state index in [9.17, 15) is 4.79 Å². The molecule has 3 heterocycles. The highest BCUT2D eigenvalue weighted by Crippen LogP contribution is 2.47. The number of likely N-dealkylation sites (tertiary alicyclic amines) is 1. The van der Waals surface area contributed by atoms with E-state index in [0.717, 1.165) is 24.9 Å². The van der Waals surface area contributed by atoms with Gasteiger partial charge in [-0.15, -0.1) is 0 Å². The molecule has 110 valence electrons. The Kier molecular flexibility index (Phi) is 2.82. The molecule has 4 rings (SSSR count). The number of piperidine rings is 1. The first-order valence-corrected chi connectivity index (χ1v) is 7.58. The first kappa shape index (κ1) is 12.9. The Labute approximate surface area is 124 Å². The molecule has 2 bridgehead atoms. The van der Waals surface area contributed by atoms with E-state index >= 15 is 0 Å². The average Bonchev–Trinajstić information content (AvgIpc) is 2.89. The molecule has 3 atom stereocenters. The van der Waals surface area contributed by atoms with Crippen LogP contribution in [-0.4, -0.2) is 36.1 Å². The molecule has 1 aromatic carbocycles. The van der Waals surface area contributed by atoms with E-state index in [1.165, 1.54) is 18.2 Å². The molecule has 2 aromatic rings. The Morgan fingerprint density at radius 3 is 2.95 bits per heavy atom. The van der Waals surface area contributed by atoms with Crippen LogP contribution < -0.4 is 0 Å². The van der Waals surface area contributed by atoms with Crippen molar-refractivity contribution in [2.75, 3.05) is 20.7 Å². The van der Waals surface area contributed by atoms with Gasteiger partial charge >= 0.3 is 5.97 Å². The Balaban J connectivity index is 1.98. The Morgan fingerprint density at radius 1 is 1.33 bits per heavy atom. The highest BCUT2D eigenvalue weighted by molar-refractivity contribution is 5.85. The Morgan fingerprint density at radius 2 is 2.14 bits per heavy atom. The molecule has 0 saturated carbocycles. The maximum absolute atomic E-state index is 12.4. The molecule has 0 unspecified atom stereocenters. The van der Waals surface area contributed by atoms with Crippen molar-refractivity contribution in [3.63, 3.8) is 0 Å². The Hall–Kier alpha value is -1.81. The van der Waals surface area contributed by atoms with E-state index in [4.69, 9.17) is 4.74 Å². The summed E-state index contributed by atoms with van der Waals surface area (Å²) < 4.78 is 7.34. The molecule has 0 amide bonds. The molecule has 1 saturated heterocycles. The summed E-state index contributed by atoms with van der Waals surface area (Å²) in [6.07, 6.45) is 2.10. The second-order valence-corrected chi connectivity index (χ2v) is 6.25. The smallest absolute Gasteiger partial charge is 0.329 e. The van der Waals surface area contributed by atoms with Crippen LogP contribution in [0.15, 0.2) is 30.3 Å². The number of fused-ring (bicyclic) bond motifs is 6. The van der Waals surface area contributed by atoms with Crippen LogP contribution in [0.1, 0.15) is 30.6 Å². The summed E-state index contributed by atoms with van der Waals surface area (Å²) in [7, 11) is 3.68. The molecule has 4 nitrogen and oxygen atoms in total. The fourth-order valence-electron chi connectivity index (χ4n) is 4.14. The van der Waals surface area contributed by atoms with Crippen molar-refractivity contribution < 1.29 is 9.53 Å². The summed E-state index contributed by atoms with van der Waals surface area (Å²) in [5, 5.41) is 1.21. The van der Waals surface area contributed by atoms with Crippen molar-refractivity contribution in [3.05, 3.63) is 36.0 Å². The maximum Gasteiger partial charge on any atom is 0.329 e. The molecule has 4 heteroatoms. The van der Waals surface area contributed by atoms with Crippen molar-refractivity contribution in [1.29, 1.82) is 0 Å². The molecule has 2 aliphatic heterocycles. The van der Waals surface area contributed by atoms with Gasteiger partial charge in [0.15, 0.2) is 0 Å². The lowest BCUT2D eigenvalue weighted by Gasteiger charge is -2.45. The number of hydrogen-bond acceptors (Lipinski definition) is 3. The third-order valence-corrected chi connectivity index (χ3v) is 5.20. The van der Waals surface area contributed by atoms with Gasteiger partial charge in [0.1, 0.15) is 6.04 Å². The second-order valence-electron chi connectivity index (χ2n) is 6.25. The minimum absolute atomic E-state index is 0.106. The third kappa shape index (κ3) is 1.75. The first-order valence-electron chi connectivity index (χ1n) is 7.58. The number of carbonyl (C=O) groups excluding carboxylic acids is 1. The quantitative estimate of drug-likeness (QED) is 0.755. The standard InChI is InChI=1S/C17H20N2O2/c1-18-8-7-12-10-14(18)15-9-11-5-3-4-6-13(11)19(15)16(12)17(20)21-2/h3-6,9,12,14,16H,7-8,10H2,1-2H3/t12-,14+,16-/m1/s1. The Bertz CT molecular complexity index is 706. The van der Waals surface area contributed by atoms with Gasteiger partial charge in [0, 0.05) is 11.2 Å². The number of carbonyl (C=O) groups is 1. The van der Waals surface area contributed by atoms with Gasteiger partial charge in [0.25, 0.3) is 0 Å². The van der Waals surface area contributed by atoms with E-state index < -0.39 is 0 Å². The molecule has 0 N–H and O–H groups in total. The minimum Gasteiger partial charge on any atom is -0.467 e. The minimum atomic E-state index is -0.171. The molecule has 21 heavy (non-hydrogen) atoms. The molecule has 1 aromatic heterocycles. The average molecular weight is 284 g/mol. The number of methoxy groups -OCH3 is 1. The zero-order valence-corrected chi connectivity index (χ0v) is 12.5. The number of nitrogens with zero attached hydrogens (tertiary/aromatic N) is 2. The van der Waals surface area contributed by atoms with E-state index in [1.807, 2.05) is 6.07 Å². The zero-order valence-electron chi connectivity index (χ0n) is 12.5. The summed E-state index contributed by atoms with van der Waals surface area (Å²) >= 11 is 0. The molecular weight excluding hydrogens is 264 g/mol. The van der Waals surface area contributed by atoms with Crippen molar-refractivity contribution in [2.45, 2.75) is 24.9 Å². The number of hydrogen-bond donors (Lipinski definition) is 0. The van der Waals surface area contributed by atoms with Crippen LogP contribution in [0.3, 0.4) is 0 Å². The van der Waals surface area contributed by atoms with Crippen molar-refractivity contribution >= 4 is 16.9 Å². The molecule has 0 radical (unpaired) electrons. The summed E-state index contributed by atoms with van der Waals surface area (Å²) in [6.45, 7) is 1.05. The largest absolute Gasteiger partial charge is 0.467 e. The van der Waals surface area contributed by atoms with Gasteiger partial charge in [-0.25, -0.2) is 4.79 Å². The van der Waals surface area contributed by atoms with E-state index in [2.05, 4.69) is 40.8 Å². The van der Waals surface area contributed by atoms with Crippen LogP contribution in [0, 0.1) is 5.92 Å². The van der Waals surface area contributed by atoms with Gasteiger partial charge in [0.05, 0.1) is 13.2 Å². The van der Waals surface area contributed by atoms with Crippen LogP contribution in [0.25, 0.3) is 10.9 Å². The van der Waals surface area contributed by atoms with Gasteiger partial charge in [-0.2, -0.15) is 0 Å². The first-order chi connectivity index (χ1) is 10.2. The summed E-state index contributed by atoms with van der Waals surface area (Å²) in [4.78, 5) is 14.8. The van der Waals surface area contributed by atoms with Crippen LogP contribution in [0.2, 0.25) is 0 Å². The summed E-state index contributed by atoms with van der Waals surface area (Å²) in [5.41, 5.74) is 2.40. The van der Waals surface area contributed by atoms with Crippen LogP contribution in [0.4, 0.5) is 0 Å². The van der Waals surface area contributed by atoms with Crippen LogP contribution in [-0.2, 0) is 9.53 Å². The molecule has 0 spiro atoms. The van der Waals surface area contributed by atoms with Gasteiger partial charge in [-0.3, -0.25) is 4.90 Å². The van der Waals surface area contributed by atoms with Crippen molar-refractivity contribution in [3.8, 4) is 0 Å². The molecule has 1 fully saturated rings. The number of aromatic nitrogens is 1. The second kappa shape index (κ2) is 4.60. The molecular formula is C17H20N2O2. The summed E-state index contributed by atoms with van der Waals surface area (Å²) in [5.74, 6) is 0.271. The highest BCUT2D eigenvalue weighted by Gasteiger charge is 2.44. The van der Waals surface area contributed by atoms with Gasteiger partial charge in [-0.1, -0.05) is 18.2 Å². The van der Waals surface area contributed by atoms with Gasteiger partial charge in [-0.05, 0) is 49.9 Å². The molecule has 0 aliphatic carbocycles. The third-order valence-electron chi connectivity index (χ3n) is 5.20. The number of esters is 1. The number of ether oxygens (including phenoxy) is 1. The highest BCUT2D eigenvalue weighted by atomic mass is 16.5. The fourth-order valence-corrected chi connectivity index (χ4v) is 4.14. The fraction of sp³-hybridized carbons (Fsp3) is 0.471. The topological polar surface area (TPSA) is 34.5 Å². The lowest BCUT2D eigenvalue weighted by atomic mass is 9.80. The summed E-state index contributed by atoms with van der Waals surface area (Å²) in [6, 6.07) is 10.8. The zero-order chi connectivity index (χ0) is 14.6. The predicted molar refractivity (Wildman–Crippen MR) is 81.1 cm³/mol. The maximum atomic E-state index is 12.4. The number of benzene rings is 1. The van der Waals surface area contributed by atoms with E-state index in [1.54, 1.807) is 0 Å². The lowest BCUT2D eigenvalue weighted by molar-refractivity contribution is -0.148. The number of para-hydroxylation sites is 1. The van der Waals surface area contributed by atoms with Crippen LogP contribution in [0.5, 0.6) is 0 Å². The van der Waals surface area contributed by atoms with Gasteiger partial charge < -0.3 is 9.30 Å². The van der Waals surface area contributed by atoms with Crippen LogP contribution >= 0.6 is 0 Å². The van der Waals surface area contributed by atoms with E-state index in [-0.39, 0.29) is 12.0 Å². The van der Waals surface area contributed by atoms with Crippen molar-refractivity contribution in [2.24, 2.45) is 5.92 Å².